The minimum absolute atomic E-state index is 0.0368. The van der Waals surface area contributed by atoms with E-state index in [-0.39, 0.29) is 30.1 Å². The molecule has 3 rings (SSSR count). The molecule has 0 aromatic carbocycles. The second-order valence-corrected chi connectivity index (χ2v) is 7.82. The van der Waals surface area contributed by atoms with Crippen LogP contribution in [0.3, 0.4) is 0 Å². The number of amides is 2. The Kier molecular flexibility index (Phi) is 7.36. The highest BCUT2D eigenvalue weighted by Crippen LogP contribution is 2.29. The molecule has 1 aromatic heterocycles. The number of nitrogens with one attached hydrogen (secondary N) is 1. The molecule has 28 heavy (non-hydrogen) atoms. The van der Waals surface area contributed by atoms with Crippen molar-refractivity contribution in [2.75, 3.05) is 26.8 Å². The lowest BCUT2D eigenvalue weighted by atomic mass is 9.86. The predicted molar refractivity (Wildman–Crippen MR) is 100 cm³/mol. The van der Waals surface area contributed by atoms with Crippen molar-refractivity contribution in [1.29, 1.82) is 0 Å². The highest BCUT2D eigenvalue weighted by atomic mass is 19.1. The summed E-state index contributed by atoms with van der Waals surface area (Å²) < 4.78 is 20.5. The van der Waals surface area contributed by atoms with Crippen LogP contribution in [0.5, 0.6) is 0 Å². The zero-order valence-electron chi connectivity index (χ0n) is 16.5. The van der Waals surface area contributed by atoms with Crippen LogP contribution in [-0.2, 0) is 16.1 Å². The van der Waals surface area contributed by atoms with Crippen LogP contribution in [-0.4, -0.2) is 70.7 Å². The normalized spacial score (nSPS) is 23.1. The first-order valence-electron chi connectivity index (χ1n) is 10.2. The van der Waals surface area contributed by atoms with Crippen molar-refractivity contribution in [2.24, 2.45) is 5.92 Å². The molecule has 2 heterocycles. The molecule has 1 N–H and O–H groups in total. The molecule has 2 aliphatic rings. The van der Waals surface area contributed by atoms with E-state index in [4.69, 9.17) is 4.74 Å². The standard InChI is InChI=1S/C19H30FN5O3/c1-28-8-7-21-19(27)17-13-24(23-22-17)12-16-10-15(20)11-25(16)18(26)9-14-5-3-2-4-6-14/h13-16H,2-12H2,1H3,(H,21,27)/t15-,16-/m0/s1. The number of likely N-dealkylation sites (tertiary alicyclic amines) is 1. The molecule has 0 unspecified atom stereocenters. The minimum atomic E-state index is -1.01. The maximum absolute atomic E-state index is 14.1. The van der Waals surface area contributed by atoms with Gasteiger partial charge in [0.25, 0.3) is 5.91 Å². The number of methoxy groups -OCH3 is 1. The maximum Gasteiger partial charge on any atom is 0.273 e. The van der Waals surface area contributed by atoms with Gasteiger partial charge >= 0.3 is 0 Å². The monoisotopic (exact) mass is 395 g/mol. The minimum Gasteiger partial charge on any atom is -0.383 e. The van der Waals surface area contributed by atoms with Crippen molar-refractivity contribution in [1.82, 2.24) is 25.2 Å². The Labute approximate surface area is 164 Å². The Morgan fingerprint density at radius 2 is 2.11 bits per heavy atom. The Bertz CT molecular complexity index is 662. The first kappa shape index (κ1) is 20.7. The number of carbonyl (C=O) groups excluding carboxylic acids is 2. The molecular formula is C19H30FN5O3. The summed E-state index contributed by atoms with van der Waals surface area (Å²) in [6.07, 6.45) is 7.12. The van der Waals surface area contributed by atoms with Gasteiger partial charge in [-0.2, -0.15) is 0 Å². The van der Waals surface area contributed by atoms with Gasteiger partial charge in [0.1, 0.15) is 6.17 Å². The molecule has 9 heteroatoms. The molecule has 1 saturated heterocycles. The fraction of sp³-hybridized carbons (Fsp3) is 0.789. The summed E-state index contributed by atoms with van der Waals surface area (Å²) in [6.45, 7) is 1.29. The van der Waals surface area contributed by atoms with Crippen molar-refractivity contribution < 1.29 is 18.7 Å². The van der Waals surface area contributed by atoms with Gasteiger partial charge in [0, 0.05) is 26.5 Å². The van der Waals surface area contributed by atoms with Crippen molar-refractivity contribution in [2.45, 2.75) is 63.7 Å². The molecule has 0 bridgehead atoms. The number of ether oxygens (including phenoxy) is 1. The van der Waals surface area contributed by atoms with E-state index in [9.17, 15) is 14.0 Å². The van der Waals surface area contributed by atoms with Crippen LogP contribution in [0.1, 0.15) is 55.4 Å². The molecule has 1 aliphatic heterocycles. The van der Waals surface area contributed by atoms with Crippen LogP contribution in [0, 0.1) is 5.92 Å². The zero-order valence-corrected chi connectivity index (χ0v) is 16.5. The zero-order chi connectivity index (χ0) is 19.9. The molecule has 8 nitrogen and oxygen atoms in total. The Morgan fingerprint density at radius 1 is 1.32 bits per heavy atom. The Hall–Kier alpha value is -2.03. The number of halogens is 1. The molecule has 0 spiro atoms. The smallest absolute Gasteiger partial charge is 0.273 e. The van der Waals surface area contributed by atoms with Crippen molar-refractivity contribution in [3.63, 3.8) is 0 Å². The van der Waals surface area contributed by atoms with E-state index in [1.165, 1.54) is 30.1 Å². The molecule has 1 saturated carbocycles. The molecular weight excluding hydrogens is 365 g/mol. The number of alkyl halides is 1. The quantitative estimate of drug-likeness (QED) is 0.675. The number of nitrogens with zero attached hydrogens (tertiary/aromatic N) is 4. The Morgan fingerprint density at radius 3 is 2.86 bits per heavy atom. The van der Waals surface area contributed by atoms with Crippen LogP contribution in [0.2, 0.25) is 0 Å². The van der Waals surface area contributed by atoms with Gasteiger partial charge in [-0.15, -0.1) is 5.10 Å². The summed E-state index contributed by atoms with van der Waals surface area (Å²) in [5, 5.41) is 10.5. The topological polar surface area (TPSA) is 89.4 Å². The number of carbonyl (C=O) groups is 2. The summed E-state index contributed by atoms with van der Waals surface area (Å²) in [4.78, 5) is 26.4. The number of hydrogen-bond acceptors (Lipinski definition) is 5. The maximum atomic E-state index is 14.1. The number of hydrogen-bond donors (Lipinski definition) is 1. The van der Waals surface area contributed by atoms with E-state index in [0.717, 1.165) is 12.8 Å². The van der Waals surface area contributed by atoms with Crippen LogP contribution in [0.25, 0.3) is 0 Å². The van der Waals surface area contributed by atoms with Crippen molar-refractivity contribution in [3.8, 4) is 0 Å². The predicted octanol–water partition coefficient (Wildman–Crippen LogP) is 1.56. The lowest BCUT2D eigenvalue weighted by molar-refractivity contribution is -0.133. The average Bonchev–Trinajstić information content (AvgIpc) is 3.29. The SMILES string of the molecule is COCCNC(=O)c1cn(C[C@@H]2C[C@H](F)CN2C(=O)CC2CCCCC2)nn1. The third-order valence-corrected chi connectivity index (χ3v) is 5.63. The van der Waals surface area contributed by atoms with Crippen LogP contribution < -0.4 is 5.32 Å². The summed E-state index contributed by atoms with van der Waals surface area (Å²) in [5.41, 5.74) is 0.200. The van der Waals surface area contributed by atoms with Gasteiger partial charge in [0.05, 0.1) is 31.9 Å². The lowest BCUT2D eigenvalue weighted by Gasteiger charge is -2.27. The lowest BCUT2D eigenvalue weighted by Crippen LogP contribution is -2.39. The van der Waals surface area contributed by atoms with E-state index >= 15 is 0 Å². The molecule has 1 aromatic rings. The summed E-state index contributed by atoms with van der Waals surface area (Å²) in [6, 6.07) is -0.253. The third kappa shape index (κ3) is 5.50. The van der Waals surface area contributed by atoms with Crippen LogP contribution >= 0.6 is 0 Å². The summed E-state index contributed by atoms with van der Waals surface area (Å²) >= 11 is 0. The average molecular weight is 395 g/mol. The third-order valence-electron chi connectivity index (χ3n) is 5.63. The number of aromatic nitrogens is 3. The molecule has 2 fully saturated rings. The largest absolute Gasteiger partial charge is 0.383 e. The van der Waals surface area contributed by atoms with Crippen LogP contribution in [0.4, 0.5) is 4.39 Å². The van der Waals surface area contributed by atoms with Crippen LogP contribution in [0.15, 0.2) is 6.20 Å². The first-order chi connectivity index (χ1) is 13.6. The second kappa shape index (κ2) is 9.95. The van der Waals surface area contributed by atoms with Gasteiger partial charge in [-0.1, -0.05) is 24.5 Å². The van der Waals surface area contributed by atoms with Crippen molar-refractivity contribution in [3.05, 3.63) is 11.9 Å². The van der Waals surface area contributed by atoms with E-state index in [2.05, 4.69) is 15.6 Å². The van der Waals surface area contributed by atoms with E-state index in [1.54, 1.807) is 12.0 Å². The highest BCUT2D eigenvalue weighted by molar-refractivity contribution is 5.91. The second-order valence-electron chi connectivity index (χ2n) is 7.82. The fourth-order valence-corrected chi connectivity index (χ4v) is 4.16. The van der Waals surface area contributed by atoms with Crippen molar-refractivity contribution >= 4 is 11.8 Å². The molecule has 0 radical (unpaired) electrons. The number of rotatable bonds is 8. The molecule has 1 aliphatic carbocycles. The fourth-order valence-electron chi connectivity index (χ4n) is 4.16. The molecule has 2 amide bonds. The van der Waals surface area contributed by atoms with Gasteiger partial charge in [0.2, 0.25) is 5.91 Å². The first-order valence-corrected chi connectivity index (χ1v) is 10.2. The van der Waals surface area contributed by atoms with E-state index in [1.807, 2.05) is 0 Å². The van der Waals surface area contributed by atoms with Gasteiger partial charge in [0.15, 0.2) is 5.69 Å². The summed E-state index contributed by atoms with van der Waals surface area (Å²) in [7, 11) is 1.56. The Balaban J connectivity index is 1.56. The molecule has 2 atom stereocenters. The van der Waals surface area contributed by atoms with E-state index in [0.29, 0.717) is 38.5 Å². The van der Waals surface area contributed by atoms with E-state index < -0.39 is 6.17 Å². The highest BCUT2D eigenvalue weighted by Gasteiger charge is 2.36. The van der Waals surface area contributed by atoms with Gasteiger partial charge in [-0.05, 0) is 18.8 Å². The van der Waals surface area contributed by atoms with Gasteiger partial charge in [-0.3, -0.25) is 9.59 Å². The molecule has 156 valence electrons. The van der Waals surface area contributed by atoms with Gasteiger partial charge in [-0.25, -0.2) is 9.07 Å². The summed E-state index contributed by atoms with van der Waals surface area (Å²) in [5.74, 6) is 0.132. The van der Waals surface area contributed by atoms with Gasteiger partial charge < -0.3 is 15.0 Å².